The summed E-state index contributed by atoms with van der Waals surface area (Å²) in [5, 5.41) is 3.94. The Morgan fingerprint density at radius 1 is 1.19 bits per heavy atom. The van der Waals surface area contributed by atoms with Gasteiger partial charge in [0.25, 0.3) is 0 Å². The molecular weight excluding hydrogens is 287 g/mol. The van der Waals surface area contributed by atoms with Crippen molar-refractivity contribution in [2.75, 3.05) is 11.9 Å². The van der Waals surface area contributed by atoms with Crippen LogP contribution < -0.4 is 10.1 Å². The quantitative estimate of drug-likeness (QED) is 0.666. The average Bonchev–Trinajstić information content (AvgIpc) is 2.19. The van der Waals surface area contributed by atoms with Crippen LogP contribution in [-0.4, -0.2) is 18.2 Å². The fourth-order valence-electron chi connectivity index (χ4n) is 1.11. The van der Waals surface area contributed by atoms with Crippen LogP contribution in [0.5, 0.6) is 5.75 Å². The van der Waals surface area contributed by atoms with E-state index < -0.39 is 6.36 Å². The Labute approximate surface area is 99.9 Å². The van der Waals surface area contributed by atoms with Crippen molar-refractivity contribution in [3.8, 4) is 5.75 Å². The number of benzene rings is 1. The number of nitrogens with one attached hydrogen (secondary N) is 1. The second kappa shape index (κ2) is 6.10. The second-order valence-corrected chi connectivity index (χ2v) is 3.85. The van der Waals surface area contributed by atoms with Crippen LogP contribution >= 0.6 is 15.9 Å². The highest BCUT2D eigenvalue weighted by atomic mass is 79.9. The number of hydrogen-bond donors (Lipinski definition) is 1. The van der Waals surface area contributed by atoms with Crippen molar-refractivity contribution in [1.29, 1.82) is 0 Å². The van der Waals surface area contributed by atoms with E-state index in [2.05, 4.69) is 26.0 Å². The zero-order valence-electron chi connectivity index (χ0n) is 8.35. The summed E-state index contributed by atoms with van der Waals surface area (Å²) in [6, 6.07) is 5.81. The summed E-state index contributed by atoms with van der Waals surface area (Å²) in [4.78, 5) is 0. The molecule has 0 fully saturated rings. The molecule has 0 saturated carbocycles. The fourth-order valence-corrected chi connectivity index (χ4v) is 1.39. The minimum absolute atomic E-state index is 0.197. The van der Waals surface area contributed by atoms with Crippen molar-refractivity contribution < 1.29 is 17.9 Å². The molecule has 16 heavy (non-hydrogen) atoms. The van der Waals surface area contributed by atoms with Gasteiger partial charge in [-0.2, -0.15) is 0 Å². The first kappa shape index (κ1) is 13.3. The molecule has 1 aromatic carbocycles. The maximum Gasteiger partial charge on any atom is 0.573 e. The van der Waals surface area contributed by atoms with Crippen molar-refractivity contribution in [3.05, 3.63) is 29.8 Å². The Kier molecular flexibility index (Phi) is 5.08. The van der Waals surface area contributed by atoms with Crippen molar-refractivity contribution in [1.82, 2.24) is 5.32 Å². The lowest BCUT2D eigenvalue weighted by atomic mass is 10.2. The Morgan fingerprint density at radius 3 is 2.31 bits per heavy atom. The van der Waals surface area contributed by atoms with E-state index in [4.69, 9.17) is 0 Å². The summed E-state index contributed by atoms with van der Waals surface area (Å²) in [7, 11) is 0. The largest absolute Gasteiger partial charge is 0.573 e. The Balaban J connectivity index is 2.48. The molecule has 1 aromatic rings. The first-order valence-corrected chi connectivity index (χ1v) is 5.75. The molecular formula is C10H11BrF3NO. The zero-order valence-corrected chi connectivity index (χ0v) is 9.94. The van der Waals surface area contributed by atoms with Crippen molar-refractivity contribution in [3.63, 3.8) is 0 Å². The molecule has 0 amide bonds. The molecule has 6 heteroatoms. The monoisotopic (exact) mass is 297 g/mol. The molecule has 0 atom stereocenters. The van der Waals surface area contributed by atoms with Crippen LogP contribution in [0.15, 0.2) is 24.3 Å². The molecule has 1 N–H and O–H groups in total. The summed E-state index contributed by atoms with van der Waals surface area (Å²) in [5.41, 5.74) is 0.912. The lowest BCUT2D eigenvalue weighted by molar-refractivity contribution is -0.274. The predicted octanol–water partition coefficient (Wildman–Crippen LogP) is 3.07. The van der Waals surface area contributed by atoms with Gasteiger partial charge in [0.2, 0.25) is 0 Å². The molecule has 0 spiro atoms. The molecule has 0 aliphatic heterocycles. The smallest absolute Gasteiger partial charge is 0.406 e. The topological polar surface area (TPSA) is 21.3 Å². The lowest BCUT2D eigenvalue weighted by Gasteiger charge is -2.09. The van der Waals surface area contributed by atoms with Gasteiger partial charge in [0.1, 0.15) is 5.75 Å². The lowest BCUT2D eigenvalue weighted by Crippen LogP contribution is -2.17. The van der Waals surface area contributed by atoms with Gasteiger partial charge in [-0.1, -0.05) is 28.1 Å². The van der Waals surface area contributed by atoms with Gasteiger partial charge in [0.05, 0.1) is 0 Å². The number of alkyl halides is 4. The molecule has 0 unspecified atom stereocenters. The number of hydrogen-bond acceptors (Lipinski definition) is 2. The Bertz CT molecular complexity index is 313. The van der Waals surface area contributed by atoms with Gasteiger partial charge in [-0.25, -0.2) is 0 Å². The van der Waals surface area contributed by atoms with E-state index in [1.165, 1.54) is 12.1 Å². The first-order chi connectivity index (χ1) is 7.51. The molecule has 90 valence electrons. The molecule has 2 nitrogen and oxygen atoms in total. The summed E-state index contributed by atoms with van der Waals surface area (Å²) in [6.45, 7) is 1.43. The van der Waals surface area contributed by atoms with E-state index >= 15 is 0 Å². The molecule has 0 heterocycles. The van der Waals surface area contributed by atoms with Crippen molar-refractivity contribution in [2.45, 2.75) is 12.9 Å². The highest BCUT2D eigenvalue weighted by Gasteiger charge is 2.30. The maximum atomic E-state index is 11.9. The van der Waals surface area contributed by atoms with Gasteiger partial charge in [0.15, 0.2) is 0 Å². The highest BCUT2D eigenvalue weighted by molar-refractivity contribution is 9.09. The van der Waals surface area contributed by atoms with Crippen LogP contribution in [0.1, 0.15) is 5.56 Å². The molecule has 0 aliphatic carbocycles. The zero-order chi connectivity index (χ0) is 12.0. The minimum Gasteiger partial charge on any atom is -0.406 e. The third-order valence-electron chi connectivity index (χ3n) is 1.76. The molecule has 0 aliphatic rings. The van der Waals surface area contributed by atoms with Gasteiger partial charge >= 0.3 is 6.36 Å². The van der Waals surface area contributed by atoms with E-state index in [1.807, 2.05) is 0 Å². The Morgan fingerprint density at radius 2 is 1.81 bits per heavy atom. The van der Waals surface area contributed by atoms with Crippen LogP contribution in [0, 0.1) is 0 Å². The maximum absolute atomic E-state index is 11.9. The summed E-state index contributed by atoms with van der Waals surface area (Å²) in [6.07, 6.45) is -4.63. The van der Waals surface area contributed by atoms with Crippen molar-refractivity contribution in [2.24, 2.45) is 0 Å². The van der Waals surface area contributed by atoms with Crippen LogP contribution in [0.2, 0.25) is 0 Å². The molecule has 0 bridgehead atoms. The second-order valence-electron chi connectivity index (χ2n) is 3.06. The van der Waals surface area contributed by atoms with E-state index in [0.717, 1.165) is 17.4 Å². The Hall–Kier alpha value is -0.750. The number of halogens is 4. The van der Waals surface area contributed by atoms with E-state index in [0.29, 0.717) is 6.54 Å². The van der Waals surface area contributed by atoms with Gasteiger partial charge in [0, 0.05) is 18.4 Å². The molecule has 0 radical (unpaired) electrons. The SMILES string of the molecule is FC(F)(F)Oc1ccc(CNCCBr)cc1. The minimum atomic E-state index is -4.63. The van der Waals surface area contributed by atoms with Gasteiger partial charge in [-0.05, 0) is 17.7 Å². The van der Waals surface area contributed by atoms with Crippen LogP contribution in [0.3, 0.4) is 0 Å². The van der Waals surface area contributed by atoms with Crippen LogP contribution in [-0.2, 0) is 6.54 Å². The summed E-state index contributed by atoms with van der Waals surface area (Å²) in [5.74, 6) is -0.197. The molecule has 1 rings (SSSR count). The van der Waals surface area contributed by atoms with Gasteiger partial charge in [-0.3, -0.25) is 0 Å². The normalized spacial score (nSPS) is 11.5. The fraction of sp³-hybridized carbons (Fsp3) is 0.400. The van der Waals surface area contributed by atoms with Crippen LogP contribution in [0.4, 0.5) is 13.2 Å². The summed E-state index contributed by atoms with van der Waals surface area (Å²) >= 11 is 3.26. The van der Waals surface area contributed by atoms with Crippen molar-refractivity contribution >= 4 is 15.9 Å². The number of rotatable bonds is 5. The van der Waals surface area contributed by atoms with E-state index in [1.54, 1.807) is 12.1 Å². The standard InChI is InChI=1S/C10H11BrF3NO/c11-5-6-15-7-8-1-3-9(4-2-8)16-10(12,13)14/h1-4,15H,5-7H2. The summed E-state index contributed by atoms with van der Waals surface area (Å²) < 4.78 is 39.3. The first-order valence-electron chi connectivity index (χ1n) is 4.62. The van der Waals surface area contributed by atoms with E-state index in [-0.39, 0.29) is 5.75 Å². The van der Waals surface area contributed by atoms with Gasteiger partial charge < -0.3 is 10.1 Å². The molecule has 0 saturated heterocycles. The van der Waals surface area contributed by atoms with Gasteiger partial charge in [-0.15, -0.1) is 13.2 Å². The number of ether oxygens (including phenoxy) is 1. The van der Waals surface area contributed by atoms with E-state index in [9.17, 15) is 13.2 Å². The highest BCUT2D eigenvalue weighted by Crippen LogP contribution is 2.22. The third kappa shape index (κ3) is 5.37. The molecule has 0 aromatic heterocycles. The van der Waals surface area contributed by atoms with Crippen LogP contribution in [0.25, 0.3) is 0 Å². The third-order valence-corrected chi connectivity index (χ3v) is 2.15. The predicted molar refractivity (Wildman–Crippen MR) is 58.6 cm³/mol. The average molecular weight is 298 g/mol.